The Bertz CT molecular complexity index is 363. The molecule has 0 aromatic rings. The van der Waals surface area contributed by atoms with Crippen LogP contribution in [0.25, 0.3) is 0 Å². The summed E-state index contributed by atoms with van der Waals surface area (Å²) in [5, 5.41) is 3.56. The van der Waals surface area contributed by atoms with Gasteiger partial charge < -0.3 is 5.32 Å². The van der Waals surface area contributed by atoms with Gasteiger partial charge in [-0.3, -0.25) is 4.90 Å². The third-order valence-electron chi connectivity index (χ3n) is 3.99. The van der Waals surface area contributed by atoms with Crippen molar-refractivity contribution in [2.24, 2.45) is 5.92 Å². The lowest BCUT2D eigenvalue weighted by Gasteiger charge is -2.47. The van der Waals surface area contributed by atoms with Gasteiger partial charge in [0.1, 0.15) is 0 Å². The second-order valence-corrected chi connectivity index (χ2v) is 8.70. The first-order valence-corrected chi connectivity index (χ1v) is 8.69. The third-order valence-corrected chi connectivity index (χ3v) is 5.67. The minimum Gasteiger partial charge on any atom is -0.311 e. The van der Waals surface area contributed by atoms with Crippen molar-refractivity contribution in [3.05, 3.63) is 0 Å². The molecule has 0 aromatic heterocycles. The SMILES string of the molecule is CCS(=O)(=O)CCN1CC(C(C)C)NCC1(C)C. The fourth-order valence-corrected chi connectivity index (χ4v) is 3.06. The maximum atomic E-state index is 11.6. The molecule has 1 aliphatic heterocycles. The van der Waals surface area contributed by atoms with Gasteiger partial charge in [-0.15, -0.1) is 0 Å². The number of hydrogen-bond donors (Lipinski definition) is 1. The zero-order valence-electron chi connectivity index (χ0n) is 12.4. The van der Waals surface area contributed by atoms with Gasteiger partial charge in [-0.1, -0.05) is 20.8 Å². The lowest BCUT2D eigenvalue weighted by Crippen LogP contribution is -2.63. The minimum atomic E-state index is -2.87. The third kappa shape index (κ3) is 4.21. The molecule has 1 aliphatic rings. The zero-order chi connectivity index (χ0) is 14.0. The quantitative estimate of drug-likeness (QED) is 0.818. The number of hydrogen-bond acceptors (Lipinski definition) is 4. The molecule has 0 saturated carbocycles. The normalized spacial score (nSPS) is 25.6. The summed E-state index contributed by atoms with van der Waals surface area (Å²) in [7, 11) is -2.87. The molecule has 0 bridgehead atoms. The van der Waals surface area contributed by atoms with Gasteiger partial charge in [0.15, 0.2) is 9.84 Å². The van der Waals surface area contributed by atoms with Gasteiger partial charge in [0.05, 0.1) is 5.75 Å². The Hall–Kier alpha value is -0.130. The van der Waals surface area contributed by atoms with Crippen LogP contribution in [-0.2, 0) is 9.84 Å². The topological polar surface area (TPSA) is 49.4 Å². The summed E-state index contributed by atoms with van der Waals surface area (Å²) in [5.41, 5.74) is 0.0364. The van der Waals surface area contributed by atoms with Gasteiger partial charge in [0, 0.05) is 37.0 Å². The molecule has 1 saturated heterocycles. The summed E-state index contributed by atoms with van der Waals surface area (Å²) < 4.78 is 23.3. The molecule has 0 spiro atoms. The van der Waals surface area contributed by atoms with E-state index in [4.69, 9.17) is 0 Å². The van der Waals surface area contributed by atoms with Crippen molar-refractivity contribution in [2.45, 2.75) is 46.2 Å². The Morgan fingerprint density at radius 1 is 1.39 bits per heavy atom. The molecule has 1 heterocycles. The number of rotatable bonds is 5. The summed E-state index contributed by atoms with van der Waals surface area (Å²) in [4.78, 5) is 2.32. The fraction of sp³-hybridized carbons (Fsp3) is 1.00. The molecular formula is C13H28N2O2S. The van der Waals surface area contributed by atoms with E-state index >= 15 is 0 Å². The van der Waals surface area contributed by atoms with E-state index in [0.717, 1.165) is 13.1 Å². The molecule has 4 nitrogen and oxygen atoms in total. The second kappa shape index (κ2) is 5.88. The average Bonchev–Trinajstić information content (AvgIpc) is 2.27. The van der Waals surface area contributed by atoms with Crippen molar-refractivity contribution in [1.82, 2.24) is 10.2 Å². The number of sulfone groups is 1. The Labute approximate surface area is 112 Å². The van der Waals surface area contributed by atoms with Gasteiger partial charge in [-0.2, -0.15) is 0 Å². The van der Waals surface area contributed by atoms with Crippen LogP contribution in [0.5, 0.6) is 0 Å². The predicted octanol–water partition coefficient (Wildman–Crippen LogP) is 1.13. The molecule has 1 atom stereocenters. The summed E-state index contributed by atoms with van der Waals surface area (Å²) in [6, 6.07) is 0.461. The van der Waals surface area contributed by atoms with Gasteiger partial charge >= 0.3 is 0 Å². The highest BCUT2D eigenvalue weighted by Gasteiger charge is 2.35. The van der Waals surface area contributed by atoms with E-state index in [2.05, 4.69) is 37.9 Å². The molecule has 1 N–H and O–H groups in total. The summed E-state index contributed by atoms with van der Waals surface area (Å²) in [6.45, 7) is 13.0. The molecule has 0 amide bonds. The molecule has 1 unspecified atom stereocenters. The average molecular weight is 276 g/mol. The zero-order valence-corrected chi connectivity index (χ0v) is 13.2. The van der Waals surface area contributed by atoms with E-state index in [1.807, 2.05) is 0 Å². The van der Waals surface area contributed by atoms with Crippen LogP contribution in [0.4, 0.5) is 0 Å². The Balaban J connectivity index is 2.65. The van der Waals surface area contributed by atoms with Crippen LogP contribution in [0.1, 0.15) is 34.6 Å². The largest absolute Gasteiger partial charge is 0.311 e. The number of piperazine rings is 1. The molecular weight excluding hydrogens is 248 g/mol. The predicted molar refractivity (Wildman–Crippen MR) is 76.6 cm³/mol. The van der Waals surface area contributed by atoms with Crippen LogP contribution in [0.15, 0.2) is 0 Å². The van der Waals surface area contributed by atoms with Crippen LogP contribution in [0.3, 0.4) is 0 Å². The van der Waals surface area contributed by atoms with Crippen molar-refractivity contribution >= 4 is 9.84 Å². The molecule has 18 heavy (non-hydrogen) atoms. The van der Waals surface area contributed by atoms with Crippen LogP contribution in [0, 0.1) is 5.92 Å². The number of nitrogens with zero attached hydrogens (tertiary/aromatic N) is 1. The van der Waals surface area contributed by atoms with Gasteiger partial charge in [-0.05, 0) is 19.8 Å². The molecule has 108 valence electrons. The van der Waals surface area contributed by atoms with E-state index < -0.39 is 9.84 Å². The van der Waals surface area contributed by atoms with E-state index in [1.165, 1.54) is 0 Å². The van der Waals surface area contributed by atoms with Crippen LogP contribution in [-0.4, -0.2) is 56.0 Å². The Morgan fingerprint density at radius 2 is 2.00 bits per heavy atom. The summed E-state index contributed by atoms with van der Waals surface area (Å²) >= 11 is 0. The lowest BCUT2D eigenvalue weighted by molar-refractivity contribution is 0.0606. The second-order valence-electron chi connectivity index (χ2n) is 6.23. The highest BCUT2D eigenvalue weighted by molar-refractivity contribution is 7.91. The molecule has 0 aromatic carbocycles. The van der Waals surface area contributed by atoms with E-state index in [1.54, 1.807) is 6.92 Å². The maximum absolute atomic E-state index is 11.6. The molecule has 0 radical (unpaired) electrons. The highest BCUT2D eigenvalue weighted by atomic mass is 32.2. The van der Waals surface area contributed by atoms with Crippen molar-refractivity contribution in [3.8, 4) is 0 Å². The first-order chi connectivity index (χ1) is 8.18. The minimum absolute atomic E-state index is 0.0364. The molecule has 5 heteroatoms. The van der Waals surface area contributed by atoms with Crippen LogP contribution >= 0.6 is 0 Å². The van der Waals surface area contributed by atoms with Crippen LogP contribution in [0.2, 0.25) is 0 Å². The smallest absolute Gasteiger partial charge is 0.151 e. The van der Waals surface area contributed by atoms with E-state index in [0.29, 0.717) is 18.5 Å². The van der Waals surface area contributed by atoms with Crippen molar-refractivity contribution in [1.29, 1.82) is 0 Å². The van der Waals surface area contributed by atoms with Gasteiger partial charge in [0.25, 0.3) is 0 Å². The lowest BCUT2D eigenvalue weighted by atomic mass is 9.93. The molecule has 1 fully saturated rings. The summed E-state index contributed by atoms with van der Waals surface area (Å²) in [5.74, 6) is 1.09. The van der Waals surface area contributed by atoms with Gasteiger partial charge in [0.2, 0.25) is 0 Å². The molecule has 0 aliphatic carbocycles. The Morgan fingerprint density at radius 3 is 2.50 bits per heavy atom. The first-order valence-electron chi connectivity index (χ1n) is 6.87. The Kier molecular flexibility index (Phi) is 5.21. The fourth-order valence-electron chi connectivity index (χ4n) is 2.28. The molecule has 1 rings (SSSR count). The number of nitrogens with one attached hydrogen (secondary N) is 1. The summed E-state index contributed by atoms with van der Waals surface area (Å²) in [6.07, 6.45) is 0. The van der Waals surface area contributed by atoms with Gasteiger partial charge in [-0.25, -0.2) is 8.42 Å². The van der Waals surface area contributed by atoms with Crippen LogP contribution < -0.4 is 5.32 Å². The standard InChI is InChI=1S/C13H28N2O2S/c1-6-18(16,17)8-7-15-9-12(11(2)3)14-10-13(15,4)5/h11-12,14H,6-10H2,1-5H3. The van der Waals surface area contributed by atoms with Crippen molar-refractivity contribution < 1.29 is 8.42 Å². The van der Waals surface area contributed by atoms with Crippen molar-refractivity contribution in [3.63, 3.8) is 0 Å². The van der Waals surface area contributed by atoms with E-state index in [-0.39, 0.29) is 17.0 Å². The maximum Gasteiger partial charge on any atom is 0.151 e. The monoisotopic (exact) mass is 276 g/mol. The van der Waals surface area contributed by atoms with Crippen molar-refractivity contribution in [2.75, 3.05) is 31.1 Å². The first kappa shape index (κ1) is 15.9. The van der Waals surface area contributed by atoms with E-state index in [9.17, 15) is 8.42 Å². The highest BCUT2D eigenvalue weighted by Crippen LogP contribution is 2.21.